The molecule has 16 amide bonds. The number of hydrogen-bond acceptors (Lipinski definition) is 23. The van der Waals surface area contributed by atoms with Gasteiger partial charge in [-0.15, -0.1) is 0 Å². The predicted octanol–water partition coefficient (Wildman–Crippen LogP) is 2.19. The van der Waals surface area contributed by atoms with Gasteiger partial charge in [-0.05, 0) is 127 Å². The second-order valence-electron chi connectivity index (χ2n) is 38.7. The van der Waals surface area contributed by atoms with Crippen LogP contribution >= 0.6 is 0 Å². The van der Waals surface area contributed by atoms with E-state index in [1.165, 1.54) is 55.0 Å². The number of likely N-dealkylation sites (N-methyl/N-ethyl adjacent to an activating group) is 3. The third kappa shape index (κ3) is 50.6. The zero-order valence-electron chi connectivity index (χ0n) is 88.4. The van der Waals surface area contributed by atoms with Crippen molar-refractivity contribution in [3.8, 4) is 0 Å². The molecule has 42 nitrogen and oxygen atoms in total. The van der Waals surface area contributed by atoms with Crippen LogP contribution < -0.4 is 116 Å². The highest BCUT2D eigenvalue weighted by Gasteiger charge is 2.40. The average Bonchev–Trinajstić information content (AvgIpc) is 0.849. The molecule has 19 atom stereocenters. The molecule has 0 aliphatic carbocycles. The number of carbonyl (C=O) groups is 16. The Hall–Kier alpha value is -11.8. The molecule has 0 aliphatic heterocycles. The fourth-order valence-corrected chi connectivity index (χ4v) is 15.1. The van der Waals surface area contributed by atoms with Crippen LogP contribution in [0.25, 0.3) is 0 Å². The van der Waals surface area contributed by atoms with E-state index in [0.29, 0.717) is 72.4 Å². The minimum atomic E-state index is -4.61. The molecule has 0 aliphatic rings. The van der Waals surface area contributed by atoms with E-state index in [-0.39, 0.29) is 125 Å². The topological polar surface area (TPSA) is 614 Å². The maximum Gasteiger partial charge on any atom is 0.389 e. The van der Waals surface area contributed by atoms with E-state index in [1.807, 2.05) is 83.1 Å². The van der Waals surface area contributed by atoms with Crippen molar-refractivity contribution in [3.05, 3.63) is 106 Å². The van der Waals surface area contributed by atoms with Gasteiger partial charge in [0.25, 0.3) is 17.7 Å². The van der Waals surface area contributed by atoms with Gasteiger partial charge in [0.05, 0.1) is 41.2 Å². The highest BCUT2D eigenvalue weighted by atomic mass is 32.2. The molecule has 3 rings (SSSR count). The monoisotopic (exact) mass is 2060 g/mol. The zero-order valence-corrected chi connectivity index (χ0v) is 89.2. The first kappa shape index (κ1) is 130. The van der Waals surface area contributed by atoms with Crippen LogP contribution in [0, 0.1) is 68.9 Å². The third-order valence-corrected chi connectivity index (χ3v) is 24.4. The van der Waals surface area contributed by atoms with E-state index in [0.717, 1.165) is 24.8 Å². The predicted molar refractivity (Wildman–Crippen MR) is 540 cm³/mol. The molecule has 0 bridgehead atoms. The Morgan fingerprint density at radius 2 is 0.590 bits per heavy atom. The summed E-state index contributed by atoms with van der Waals surface area (Å²) >= 11 is 0. The summed E-state index contributed by atoms with van der Waals surface area (Å²) in [5.74, 6) is -9.77. The largest absolute Gasteiger partial charge is 0.619 e. The SMILES string of the molecule is CCNC(=O)[C@@H](NC(=O)[C@H](C)NC[C@H](CC(C)C)NC(=O)[C@H](CC(N)=O)NC(=O)[C@@H](NC(=O)c1cc[n+]([O-])cc1)[C@@H](C)CC)C(C)C.CCNC(=O)[C@@H](NC(=O)[C@H](C)NC[C@H](CC(C)C)NC(=O)[C@H](CCC(F)(F)F)NC(=O)[C@@H](NC(=O)c1cc[n+]([O-])cc1)[C@@H](C)CC)C(C)C.CCNC(=O)[C@@H](NC(=O)[C@H](C)NC[C@H](CC(C)C)NC(=O)[C@H](CCS(C)=O)NC(=O)[C@@H](NC(=O)c1cc[n+]([O-])cc1)[C@@H](C)CC)C(C)C. The highest BCUT2D eigenvalue weighted by molar-refractivity contribution is 7.84. The van der Waals surface area contributed by atoms with E-state index < -0.39 is 198 Å². The quantitative estimate of drug-likeness (QED) is 0.0284. The smallest absolute Gasteiger partial charge is 0.389 e. The highest BCUT2D eigenvalue weighted by Crippen LogP contribution is 2.24. The number of nitrogens with two attached hydrogens (primary N) is 1. The van der Waals surface area contributed by atoms with Crippen LogP contribution in [0.1, 0.15) is 261 Å². The first-order chi connectivity index (χ1) is 67.3. The van der Waals surface area contributed by atoms with Crippen LogP contribution in [0.4, 0.5) is 13.2 Å². The van der Waals surface area contributed by atoms with Crippen molar-refractivity contribution in [1.82, 2.24) is 95.7 Å². The van der Waals surface area contributed by atoms with Gasteiger partial charge in [-0.3, -0.25) is 80.9 Å². The van der Waals surface area contributed by atoms with Crippen LogP contribution in [0.3, 0.4) is 0 Å². The number of aromatic nitrogens is 3. The molecule has 1 unspecified atom stereocenters. The van der Waals surface area contributed by atoms with Crippen molar-refractivity contribution < 1.29 is 108 Å². The number of halogens is 3. The van der Waals surface area contributed by atoms with Crippen LogP contribution in [0.2, 0.25) is 0 Å². The summed E-state index contributed by atoms with van der Waals surface area (Å²) in [6, 6.07) is -5.24. The van der Waals surface area contributed by atoms with Gasteiger partial charge in [0.15, 0.2) is 37.2 Å². The number of rotatable bonds is 61. The lowest BCUT2D eigenvalue weighted by molar-refractivity contribution is -0.605. The number of pyridine rings is 3. The normalized spacial score (nSPS) is 15.4. The minimum Gasteiger partial charge on any atom is -0.619 e. The van der Waals surface area contributed by atoms with Crippen molar-refractivity contribution in [2.75, 3.05) is 51.3 Å². The van der Waals surface area contributed by atoms with Gasteiger partial charge in [-0.1, -0.05) is 144 Å². The van der Waals surface area contributed by atoms with Gasteiger partial charge in [0, 0.05) is 123 Å². The fourth-order valence-electron chi connectivity index (χ4n) is 14.5. The number of alkyl halides is 3. The summed E-state index contributed by atoms with van der Waals surface area (Å²) in [7, 11) is -1.24. The van der Waals surface area contributed by atoms with Crippen molar-refractivity contribution in [2.45, 2.75) is 327 Å². The summed E-state index contributed by atoms with van der Waals surface area (Å²) < 4.78 is 53.4. The molecule has 3 aromatic rings. The summed E-state index contributed by atoms with van der Waals surface area (Å²) in [6.45, 7) is 45.4. The van der Waals surface area contributed by atoms with E-state index in [4.69, 9.17) is 5.73 Å². The van der Waals surface area contributed by atoms with Gasteiger partial charge in [-0.25, -0.2) is 0 Å². The molecule has 46 heteroatoms. The molecule has 144 heavy (non-hydrogen) atoms. The van der Waals surface area contributed by atoms with Crippen LogP contribution in [0.15, 0.2) is 73.6 Å². The van der Waals surface area contributed by atoms with Gasteiger partial charge < -0.3 is 117 Å². The first-order valence-electron chi connectivity index (χ1n) is 49.7. The third-order valence-electron chi connectivity index (χ3n) is 23.5. The number of hydrogen-bond donors (Lipinski definition) is 19. The van der Waals surface area contributed by atoms with Crippen molar-refractivity contribution in [1.29, 1.82) is 0 Å². The van der Waals surface area contributed by atoms with Crippen molar-refractivity contribution in [3.63, 3.8) is 0 Å². The molecular formula is C98H165F3N22O20S. The minimum absolute atomic E-state index is 0.0431. The van der Waals surface area contributed by atoms with Crippen LogP contribution in [-0.4, -0.2) is 247 Å². The first-order valence-corrected chi connectivity index (χ1v) is 51.4. The maximum absolute atomic E-state index is 13.7. The van der Waals surface area contributed by atoms with Gasteiger partial charge in [0.1, 0.15) is 54.4 Å². The molecule has 814 valence electrons. The Bertz CT molecular complexity index is 4560. The Kier molecular flexibility index (Phi) is 60.6. The number of amides is 16. The fraction of sp³-hybridized carbons (Fsp3) is 0.684. The Morgan fingerprint density at radius 3 is 0.812 bits per heavy atom. The second-order valence-corrected chi connectivity index (χ2v) is 40.2. The van der Waals surface area contributed by atoms with E-state index >= 15 is 0 Å². The lowest BCUT2D eigenvalue weighted by atomic mass is 9.97. The molecule has 20 N–H and O–H groups in total. The molecule has 0 aromatic carbocycles. The van der Waals surface area contributed by atoms with Crippen molar-refractivity contribution in [2.24, 2.45) is 59.0 Å². The number of nitrogens with zero attached hydrogens (tertiary/aromatic N) is 3. The van der Waals surface area contributed by atoms with E-state index in [1.54, 1.807) is 83.1 Å². The summed E-state index contributed by atoms with van der Waals surface area (Å²) in [5.41, 5.74) is 5.89. The standard InChI is InChI=1S/C33H54F3N7O6.C33H57N7O7S.C32H54N8O7/c1-9-21(7)27(42-29(45)23-12-15-43(49)16-13-23)32(48)40-25(11-14-33(34,35)36)30(46)39-24(17-19(3)4)18-38-22(8)28(44)41-26(20(5)6)31(47)37-10-2;1-10-22(7)28(39-30(42)24-12-15-40(46)16-13-24)33(45)37-26(14-17-48(9)47)31(43)36-25(18-20(3)4)19-35-23(8)29(41)38-27(21(5)6)32(44)34-11-2;1-9-20(7)27(39-29(43)22-11-13-40(47)14-12-22)32(46)37-24(16-25(33)41)30(44)36-23(15-18(3)4)17-35-21(8)28(42)38-26(19(5)6)31(45)34-10-2/h12-13,15-16,19-22,24-27,38H,9-11,14,17-18H2,1-8H3,(H,37,47)(H,39,46)(H,40,48)(H,41,44)(H,42,45);12-13,15-16,20-23,25-28,35H,10-11,14,17-19H2,1-9H3,(H,34,44)(H,36,43)(H,37,45)(H,38,41)(H,39,42);11-14,18-21,23-24,26-27,35H,9-10,15-17H2,1-8H3,(H2,33,41)(H,34,45)(H,36,44)(H,37,46)(H,38,42)(H,39,43)/t21-,22-,24-,25-,26-,27-;22-,23-,25-,26-,27-,28-,48?;20-,21-,23-,24-,26-,27-/m000/s1. The average molecular weight is 2060 g/mol. The number of nitrogens with one attached hydrogen (secondary N) is 18. The summed E-state index contributed by atoms with van der Waals surface area (Å²) in [6.07, 6.45) is 4.25. The number of carbonyl (C=O) groups excluding carboxylic acids is 16. The Morgan fingerprint density at radius 1 is 0.340 bits per heavy atom. The molecule has 3 heterocycles. The molecule has 0 saturated carbocycles. The van der Waals surface area contributed by atoms with Crippen LogP contribution in [0.5, 0.6) is 0 Å². The molecular weight excluding hydrogens is 1890 g/mol. The van der Waals surface area contributed by atoms with E-state index in [2.05, 4.69) is 95.7 Å². The molecule has 0 saturated heterocycles. The summed E-state index contributed by atoms with van der Waals surface area (Å²) in [5, 5.41) is 84.2. The Labute approximate surface area is 848 Å². The number of primary amides is 1. The van der Waals surface area contributed by atoms with Gasteiger partial charge >= 0.3 is 6.18 Å². The lowest BCUT2D eigenvalue weighted by Gasteiger charge is -2.29. The molecule has 0 fully saturated rings. The second kappa shape index (κ2) is 67.0. The van der Waals surface area contributed by atoms with E-state index in [9.17, 15) is 110 Å². The maximum atomic E-state index is 13.7. The van der Waals surface area contributed by atoms with Crippen molar-refractivity contribution >= 4 is 105 Å². The van der Waals surface area contributed by atoms with Gasteiger partial charge in [-0.2, -0.15) is 27.4 Å². The van der Waals surface area contributed by atoms with Gasteiger partial charge in [0.2, 0.25) is 76.8 Å². The summed E-state index contributed by atoms with van der Waals surface area (Å²) in [4.78, 5) is 208. The molecule has 0 radical (unpaired) electrons. The van der Waals surface area contributed by atoms with Crippen LogP contribution in [-0.2, 0) is 73.1 Å². The molecule has 0 spiro atoms. The Balaban J connectivity index is 0.00000108. The molecule has 3 aromatic heterocycles. The zero-order chi connectivity index (χ0) is 110. The lowest BCUT2D eigenvalue weighted by Crippen LogP contribution is -2.58.